The van der Waals surface area contributed by atoms with Crippen LogP contribution < -0.4 is 10.6 Å². The standard InChI is InChI=1S/C51H40N4/c1-5-14-34(7-3)37-20-21-39-33-40(23-22-38(39)32-37)48-45-18-12-13-19-46(45)52-51(53-48)36-24-27-42(28-25-36)55-47(15-6-2)43(8-4)44-29-26-35-30-31-54(49(35)50(44)55)41-16-10-9-11-17-41/h5-33H,2H2,1,3-4H3/b14-5-,34-7+,43-8-,47-15+. The van der Waals surface area contributed by atoms with Crippen LogP contribution in [-0.4, -0.2) is 19.1 Å². The van der Waals surface area contributed by atoms with Gasteiger partial charge in [-0.1, -0.05) is 110 Å². The molecule has 0 atom stereocenters. The van der Waals surface area contributed by atoms with Gasteiger partial charge in [-0.2, -0.15) is 0 Å². The molecule has 0 saturated carbocycles. The predicted molar refractivity (Wildman–Crippen MR) is 234 cm³/mol. The van der Waals surface area contributed by atoms with E-state index in [2.05, 4.69) is 200 Å². The van der Waals surface area contributed by atoms with Crippen LogP contribution in [0.5, 0.6) is 0 Å². The minimum atomic E-state index is 0.693. The van der Waals surface area contributed by atoms with Gasteiger partial charge in [0.05, 0.1) is 27.6 Å². The fraction of sp³-hybridized carbons (Fsp3) is 0.0588. The van der Waals surface area contributed by atoms with Gasteiger partial charge in [0, 0.05) is 50.1 Å². The predicted octanol–water partition coefficient (Wildman–Crippen LogP) is 11.8. The molecule has 6 aromatic carbocycles. The number of nitrogens with zero attached hydrogens (tertiary/aromatic N) is 4. The minimum absolute atomic E-state index is 0.693. The average Bonchev–Trinajstić information content (AvgIpc) is 3.81. The molecule has 3 aromatic heterocycles. The number of allylic oxidation sites excluding steroid dienone is 5. The largest absolute Gasteiger partial charge is 0.315 e. The van der Waals surface area contributed by atoms with Crippen molar-refractivity contribution in [1.82, 2.24) is 19.1 Å². The number of rotatable bonds is 7. The van der Waals surface area contributed by atoms with Crippen molar-refractivity contribution in [3.63, 3.8) is 0 Å². The van der Waals surface area contributed by atoms with Crippen LogP contribution in [0.3, 0.4) is 0 Å². The maximum atomic E-state index is 5.26. The van der Waals surface area contributed by atoms with Gasteiger partial charge >= 0.3 is 0 Å². The van der Waals surface area contributed by atoms with Crippen LogP contribution in [0.25, 0.3) is 95.2 Å². The second kappa shape index (κ2) is 14.1. The minimum Gasteiger partial charge on any atom is -0.315 e. The van der Waals surface area contributed by atoms with Gasteiger partial charge in [-0.15, -0.1) is 0 Å². The molecule has 9 rings (SSSR count). The van der Waals surface area contributed by atoms with Crippen LogP contribution in [0.1, 0.15) is 26.3 Å². The number of hydrogen-bond acceptors (Lipinski definition) is 2. The normalized spacial score (nSPS) is 13.0. The van der Waals surface area contributed by atoms with Gasteiger partial charge in [-0.25, -0.2) is 9.97 Å². The first-order valence-corrected chi connectivity index (χ1v) is 18.8. The van der Waals surface area contributed by atoms with E-state index in [1.807, 2.05) is 12.1 Å². The van der Waals surface area contributed by atoms with E-state index in [1.54, 1.807) is 0 Å². The van der Waals surface area contributed by atoms with Crippen LogP contribution in [-0.2, 0) is 0 Å². The third-order valence-corrected chi connectivity index (χ3v) is 10.5. The van der Waals surface area contributed by atoms with Gasteiger partial charge in [0.15, 0.2) is 5.82 Å². The Labute approximate surface area is 320 Å². The fourth-order valence-corrected chi connectivity index (χ4v) is 7.98. The summed E-state index contributed by atoms with van der Waals surface area (Å²) in [6.45, 7) is 10.3. The van der Waals surface area contributed by atoms with Gasteiger partial charge < -0.3 is 9.13 Å². The van der Waals surface area contributed by atoms with Crippen LogP contribution in [0.2, 0.25) is 0 Å². The van der Waals surface area contributed by atoms with Crippen molar-refractivity contribution in [3.8, 4) is 34.0 Å². The summed E-state index contributed by atoms with van der Waals surface area (Å²) in [5, 5.41) is 8.04. The van der Waals surface area contributed by atoms with Crippen molar-refractivity contribution in [1.29, 1.82) is 0 Å². The molecule has 0 spiro atoms. The summed E-state index contributed by atoms with van der Waals surface area (Å²) in [5.74, 6) is 0.693. The van der Waals surface area contributed by atoms with E-state index in [0.29, 0.717) is 5.82 Å². The van der Waals surface area contributed by atoms with Gasteiger partial charge in [0.1, 0.15) is 0 Å². The molecule has 9 aromatic rings. The Morgan fingerprint density at radius 1 is 0.636 bits per heavy atom. The van der Waals surface area contributed by atoms with Crippen molar-refractivity contribution in [2.75, 3.05) is 0 Å². The van der Waals surface area contributed by atoms with Crippen LogP contribution in [0.15, 0.2) is 171 Å². The summed E-state index contributed by atoms with van der Waals surface area (Å²) in [6, 6.07) is 47.4. The molecule has 264 valence electrons. The van der Waals surface area contributed by atoms with E-state index in [9.17, 15) is 0 Å². The number of benzene rings is 6. The quantitative estimate of drug-likeness (QED) is 0.155. The summed E-state index contributed by atoms with van der Waals surface area (Å²) < 4.78 is 4.65. The van der Waals surface area contributed by atoms with Crippen molar-refractivity contribution in [2.24, 2.45) is 0 Å². The van der Waals surface area contributed by atoms with E-state index in [0.717, 1.165) is 55.5 Å². The molecule has 55 heavy (non-hydrogen) atoms. The highest BCUT2D eigenvalue weighted by Gasteiger charge is 2.17. The molecule has 0 radical (unpaired) electrons. The first-order valence-electron chi connectivity index (χ1n) is 18.8. The topological polar surface area (TPSA) is 35.6 Å². The van der Waals surface area contributed by atoms with Gasteiger partial charge in [0.25, 0.3) is 0 Å². The Morgan fingerprint density at radius 2 is 1.38 bits per heavy atom. The molecule has 4 heteroatoms. The molecule has 0 aliphatic carbocycles. The van der Waals surface area contributed by atoms with E-state index in [1.165, 1.54) is 37.9 Å². The van der Waals surface area contributed by atoms with Crippen molar-refractivity contribution >= 4 is 61.2 Å². The van der Waals surface area contributed by atoms with Crippen LogP contribution in [0.4, 0.5) is 0 Å². The molecule has 0 unspecified atom stereocenters. The molecular weight excluding hydrogens is 669 g/mol. The zero-order valence-electron chi connectivity index (χ0n) is 31.2. The highest BCUT2D eigenvalue weighted by Crippen LogP contribution is 2.33. The Morgan fingerprint density at radius 3 is 2.16 bits per heavy atom. The number of aromatic nitrogens is 4. The lowest BCUT2D eigenvalue weighted by Crippen LogP contribution is -2.27. The third-order valence-electron chi connectivity index (χ3n) is 10.5. The summed E-state index contributed by atoms with van der Waals surface area (Å²) in [5.41, 5.74) is 10.8. The second-order valence-electron chi connectivity index (χ2n) is 13.7. The van der Waals surface area contributed by atoms with Crippen molar-refractivity contribution < 1.29 is 0 Å². The summed E-state index contributed by atoms with van der Waals surface area (Å²) in [7, 11) is 0. The van der Waals surface area contributed by atoms with E-state index < -0.39 is 0 Å². The molecule has 0 fully saturated rings. The Hall–Kier alpha value is -7.04. The fourth-order valence-electron chi connectivity index (χ4n) is 7.98. The van der Waals surface area contributed by atoms with Gasteiger partial charge in [-0.3, -0.25) is 0 Å². The number of fused-ring (bicyclic) bond motifs is 5. The number of hydrogen-bond donors (Lipinski definition) is 0. The van der Waals surface area contributed by atoms with Gasteiger partial charge in [0.2, 0.25) is 0 Å². The first kappa shape index (κ1) is 33.8. The summed E-state index contributed by atoms with van der Waals surface area (Å²) in [6.07, 6.45) is 14.7. The first-order chi connectivity index (χ1) is 27.1. The third kappa shape index (κ3) is 5.80. The van der Waals surface area contributed by atoms with Gasteiger partial charge in [-0.05, 0) is 109 Å². The highest BCUT2D eigenvalue weighted by molar-refractivity contribution is 6.06. The number of para-hydroxylation sites is 2. The molecule has 0 bridgehead atoms. The monoisotopic (exact) mass is 708 g/mol. The molecule has 3 heterocycles. The van der Waals surface area contributed by atoms with E-state index in [4.69, 9.17) is 9.97 Å². The van der Waals surface area contributed by atoms with Crippen molar-refractivity contribution in [3.05, 3.63) is 187 Å². The lowest BCUT2D eigenvalue weighted by Gasteiger charge is -2.13. The van der Waals surface area contributed by atoms with Crippen LogP contribution >= 0.6 is 0 Å². The molecule has 4 nitrogen and oxygen atoms in total. The molecule has 0 aliphatic rings. The Kier molecular flexibility index (Phi) is 8.64. The second-order valence-corrected chi connectivity index (χ2v) is 13.7. The van der Waals surface area contributed by atoms with E-state index in [-0.39, 0.29) is 0 Å². The smallest absolute Gasteiger partial charge is 0.160 e. The average molecular weight is 709 g/mol. The maximum absolute atomic E-state index is 5.26. The summed E-state index contributed by atoms with van der Waals surface area (Å²) >= 11 is 0. The zero-order valence-corrected chi connectivity index (χ0v) is 31.2. The lowest BCUT2D eigenvalue weighted by atomic mass is 9.98. The highest BCUT2D eigenvalue weighted by atomic mass is 15.0. The molecular formula is C51H40N4. The molecule has 0 amide bonds. The Bertz CT molecular complexity index is 3120. The van der Waals surface area contributed by atoms with E-state index >= 15 is 0 Å². The Balaban J connectivity index is 1.19. The molecule has 0 N–H and O–H groups in total. The molecule has 0 saturated heterocycles. The SMILES string of the molecule is C=C/C=c1\c(=C/C)c2ccc3ccn(-c4ccccc4)c3c2n1-c1ccc(-c2nc(-c3ccc4cc(C(/C=C\C)=C/C)ccc4c3)c3ccccc3n2)cc1. The zero-order chi connectivity index (χ0) is 37.5. The molecule has 0 aliphatic heterocycles. The summed E-state index contributed by atoms with van der Waals surface area (Å²) in [4.78, 5) is 10.4. The maximum Gasteiger partial charge on any atom is 0.160 e. The van der Waals surface area contributed by atoms with Crippen molar-refractivity contribution in [2.45, 2.75) is 20.8 Å². The van der Waals surface area contributed by atoms with Crippen LogP contribution in [0, 0.1) is 0 Å². The lowest BCUT2D eigenvalue weighted by molar-refractivity contribution is 1.06.